The maximum atomic E-state index is 13.3. The molecule has 0 bridgehead atoms. The summed E-state index contributed by atoms with van der Waals surface area (Å²) in [5.41, 5.74) is 3.06. The number of aromatic nitrogens is 1. The molecule has 142 valence electrons. The van der Waals surface area contributed by atoms with Crippen LogP contribution in [0.4, 0.5) is 5.69 Å². The lowest BCUT2D eigenvalue weighted by Gasteiger charge is -2.31. The zero-order valence-corrected chi connectivity index (χ0v) is 16.7. The predicted molar refractivity (Wildman–Crippen MR) is 111 cm³/mol. The van der Waals surface area contributed by atoms with Gasteiger partial charge >= 0.3 is 0 Å². The molecule has 0 saturated heterocycles. The van der Waals surface area contributed by atoms with Gasteiger partial charge in [-0.1, -0.05) is 18.2 Å². The van der Waals surface area contributed by atoms with Crippen LogP contribution >= 0.6 is 11.8 Å². The van der Waals surface area contributed by atoms with Crippen LogP contribution in [0.2, 0.25) is 0 Å². The van der Waals surface area contributed by atoms with Crippen LogP contribution in [0, 0.1) is 22.7 Å². The molecule has 0 saturated carbocycles. The number of nitriles is 2. The number of fused-ring (bicyclic) bond motifs is 1. The van der Waals surface area contributed by atoms with E-state index in [-0.39, 0.29) is 4.90 Å². The lowest BCUT2D eigenvalue weighted by molar-refractivity contribution is 0.591. The normalized spacial score (nSPS) is 13.2. The maximum absolute atomic E-state index is 13.3. The van der Waals surface area contributed by atoms with E-state index in [0.29, 0.717) is 29.1 Å². The average Bonchev–Trinajstić information content (AvgIpc) is 2.78. The molecule has 3 aromatic rings. The highest BCUT2D eigenvalue weighted by Crippen LogP contribution is 2.43. The third-order valence-electron chi connectivity index (χ3n) is 4.56. The number of benzene rings is 2. The highest BCUT2D eigenvalue weighted by atomic mass is 32.2. The number of hydrogen-bond acceptors (Lipinski definition) is 6. The first-order valence-corrected chi connectivity index (χ1v) is 11.1. The first-order valence-electron chi connectivity index (χ1n) is 8.69. The summed E-state index contributed by atoms with van der Waals surface area (Å²) in [4.78, 5) is 5.18. The molecule has 4 rings (SSSR count). The maximum Gasteiger partial charge on any atom is 0.264 e. The van der Waals surface area contributed by atoms with Crippen molar-refractivity contribution in [2.45, 2.75) is 9.79 Å². The summed E-state index contributed by atoms with van der Waals surface area (Å²) in [6, 6.07) is 17.2. The minimum atomic E-state index is -3.83. The monoisotopic (exact) mass is 418 g/mol. The third kappa shape index (κ3) is 3.44. The fourth-order valence-corrected chi connectivity index (χ4v) is 5.95. The first kappa shape index (κ1) is 19.0. The standard InChI is InChI=1S/C21H14N4O2S2/c22-11-15-4-6-17(7-5-15)19-13-24-14-20-21(19)28-9-8-25(20)29(26,27)18-3-1-2-16(10-18)12-23/h1-7,10,13-14H,8-9H2. The van der Waals surface area contributed by atoms with E-state index in [4.69, 9.17) is 10.5 Å². The number of sulfonamides is 1. The van der Waals surface area contributed by atoms with Crippen LogP contribution in [0.5, 0.6) is 0 Å². The Bertz CT molecular complexity index is 1270. The van der Waals surface area contributed by atoms with E-state index in [2.05, 4.69) is 11.1 Å². The number of rotatable bonds is 3. The van der Waals surface area contributed by atoms with E-state index in [1.165, 1.54) is 16.4 Å². The van der Waals surface area contributed by atoms with E-state index in [0.717, 1.165) is 16.0 Å². The second kappa shape index (κ2) is 7.59. The van der Waals surface area contributed by atoms with Gasteiger partial charge in [0.2, 0.25) is 0 Å². The van der Waals surface area contributed by atoms with Gasteiger partial charge in [0.1, 0.15) is 0 Å². The molecular weight excluding hydrogens is 404 g/mol. The van der Waals surface area contributed by atoms with Crippen LogP contribution in [0.15, 0.2) is 70.7 Å². The van der Waals surface area contributed by atoms with Crippen LogP contribution in [0.1, 0.15) is 11.1 Å². The van der Waals surface area contributed by atoms with Crippen molar-refractivity contribution in [2.24, 2.45) is 0 Å². The van der Waals surface area contributed by atoms with Gasteiger partial charge in [-0.2, -0.15) is 10.5 Å². The summed E-state index contributed by atoms with van der Waals surface area (Å²) in [5, 5.41) is 18.1. The van der Waals surface area contributed by atoms with Gasteiger partial charge in [0.05, 0.1) is 40.0 Å². The molecule has 1 aromatic heterocycles. The molecule has 0 atom stereocenters. The second-order valence-corrected chi connectivity index (χ2v) is 9.26. The number of anilines is 1. The van der Waals surface area contributed by atoms with Gasteiger partial charge in [0.15, 0.2) is 0 Å². The fraction of sp³-hybridized carbons (Fsp3) is 0.0952. The largest absolute Gasteiger partial charge is 0.264 e. The van der Waals surface area contributed by atoms with Gasteiger partial charge in [-0.25, -0.2) is 8.42 Å². The summed E-state index contributed by atoms with van der Waals surface area (Å²) in [7, 11) is -3.83. The highest BCUT2D eigenvalue weighted by Gasteiger charge is 2.31. The molecule has 0 radical (unpaired) electrons. The number of pyridine rings is 1. The Labute approximate surface area is 173 Å². The van der Waals surface area contributed by atoms with Gasteiger partial charge in [-0.05, 0) is 35.9 Å². The van der Waals surface area contributed by atoms with Gasteiger partial charge in [-0.15, -0.1) is 11.8 Å². The molecule has 6 nitrogen and oxygen atoms in total. The zero-order valence-electron chi connectivity index (χ0n) is 15.1. The molecule has 0 fully saturated rings. The summed E-state index contributed by atoms with van der Waals surface area (Å²) in [5.74, 6) is 0.595. The topological polar surface area (TPSA) is 97.8 Å². The number of nitrogens with zero attached hydrogens (tertiary/aromatic N) is 4. The van der Waals surface area contributed by atoms with Crippen LogP contribution in [-0.2, 0) is 10.0 Å². The molecule has 1 aliphatic heterocycles. The zero-order chi connectivity index (χ0) is 20.4. The smallest absolute Gasteiger partial charge is 0.263 e. The van der Waals surface area contributed by atoms with Gasteiger partial charge < -0.3 is 0 Å². The quantitative estimate of drug-likeness (QED) is 0.642. The Hall–Kier alpha value is -3.33. The Morgan fingerprint density at radius 1 is 1.00 bits per heavy atom. The summed E-state index contributed by atoms with van der Waals surface area (Å²) >= 11 is 1.58. The molecule has 0 unspecified atom stereocenters. The van der Waals surface area contributed by atoms with E-state index < -0.39 is 10.0 Å². The molecular formula is C21H14N4O2S2. The molecule has 8 heteroatoms. The molecule has 2 aromatic carbocycles. The van der Waals surface area contributed by atoms with Crippen molar-refractivity contribution in [3.63, 3.8) is 0 Å². The van der Waals surface area contributed by atoms with Crippen molar-refractivity contribution in [1.82, 2.24) is 4.98 Å². The summed E-state index contributed by atoms with van der Waals surface area (Å²) in [6.07, 6.45) is 3.26. The van der Waals surface area contributed by atoms with Crippen molar-refractivity contribution >= 4 is 27.5 Å². The van der Waals surface area contributed by atoms with E-state index in [1.54, 1.807) is 48.4 Å². The highest BCUT2D eigenvalue weighted by molar-refractivity contribution is 8.00. The predicted octanol–water partition coefficient (Wildman–Crippen LogP) is 3.79. The molecule has 0 aliphatic carbocycles. The minimum Gasteiger partial charge on any atom is -0.263 e. The van der Waals surface area contributed by atoms with Gasteiger partial charge in [0.25, 0.3) is 10.0 Å². The van der Waals surface area contributed by atoms with Crippen molar-refractivity contribution in [3.8, 4) is 23.3 Å². The van der Waals surface area contributed by atoms with Crippen molar-refractivity contribution in [1.29, 1.82) is 10.5 Å². The summed E-state index contributed by atoms with van der Waals surface area (Å²) < 4.78 is 27.9. The third-order valence-corrected chi connectivity index (χ3v) is 7.48. The number of hydrogen-bond donors (Lipinski definition) is 0. The van der Waals surface area contributed by atoms with Crippen molar-refractivity contribution in [3.05, 3.63) is 72.1 Å². The fourth-order valence-electron chi connectivity index (χ4n) is 3.15. The Morgan fingerprint density at radius 3 is 2.48 bits per heavy atom. The van der Waals surface area contributed by atoms with Crippen LogP contribution in [0.25, 0.3) is 11.1 Å². The van der Waals surface area contributed by atoms with Crippen LogP contribution in [-0.4, -0.2) is 25.7 Å². The van der Waals surface area contributed by atoms with Crippen LogP contribution in [0.3, 0.4) is 0 Å². The SMILES string of the molecule is N#Cc1ccc(-c2cncc3c2SCCN3S(=O)(=O)c2cccc(C#N)c2)cc1. The van der Waals surface area contributed by atoms with E-state index in [1.807, 2.05) is 18.2 Å². The van der Waals surface area contributed by atoms with Crippen molar-refractivity contribution < 1.29 is 8.42 Å². The van der Waals surface area contributed by atoms with Gasteiger partial charge in [-0.3, -0.25) is 9.29 Å². The summed E-state index contributed by atoms with van der Waals surface area (Å²) in [6.45, 7) is 0.315. The molecule has 0 amide bonds. The Morgan fingerprint density at radius 2 is 1.76 bits per heavy atom. The van der Waals surface area contributed by atoms with Gasteiger partial charge in [0, 0.05) is 29.0 Å². The Kier molecular flexibility index (Phi) is 4.98. The van der Waals surface area contributed by atoms with Crippen LogP contribution < -0.4 is 4.31 Å². The lowest BCUT2D eigenvalue weighted by atomic mass is 10.1. The minimum absolute atomic E-state index is 0.0816. The molecule has 29 heavy (non-hydrogen) atoms. The first-order chi connectivity index (χ1) is 14.0. The van der Waals surface area contributed by atoms with Crippen molar-refractivity contribution in [2.75, 3.05) is 16.6 Å². The molecule has 1 aliphatic rings. The second-order valence-electron chi connectivity index (χ2n) is 6.29. The van der Waals surface area contributed by atoms with E-state index >= 15 is 0 Å². The lowest BCUT2D eigenvalue weighted by Crippen LogP contribution is -2.35. The number of thioether (sulfide) groups is 1. The van der Waals surface area contributed by atoms with E-state index in [9.17, 15) is 8.42 Å². The Balaban J connectivity index is 1.81. The molecule has 0 spiro atoms. The average molecular weight is 419 g/mol. The molecule has 0 N–H and O–H groups in total. The molecule has 2 heterocycles.